The van der Waals surface area contributed by atoms with Crippen molar-refractivity contribution in [2.75, 3.05) is 5.73 Å². The van der Waals surface area contributed by atoms with Crippen LogP contribution in [0.2, 0.25) is 0 Å². The van der Waals surface area contributed by atoms with Crippen LogP contribution in [0.25, 0.3) is 10.1 Å². The average Bonchev–Trinajstić information content (AvgIpc) is 2.77. The van der Waals surface area contributed by atoms with Gasteiger partial charge in [0.05, 0.1) is 5.69 Å². The third kappa shape index (κ3) is 2.41. The minimum absolute atomic E-state index is 0.161. The van der Waals surface area contributed by atoms with Crippen LogP contribution >= 0.6 is 11.3 Å². The lowest BCUT2D eigenvalue weighted by Gasteiger charge is -2.18. The minimum Gasteiger partial charge on any atom is -0.397 e. The Morgan fingerprint density at radius 1 is 1.40 bits per heavy atom. The molecule has 20 heavy (non-hydrogen) atoms. The number of hydrogen-bond acceptors (Lipinski definition) is 3. The van der Waals surface area contributed by atoms with Crippen molar-refractivity contribution in [3.8, 4) is 0 Å². The number of rotatable bonds is 2. The van der Waals surface area contributed by atoms with E-state index >= 15 is 0 Å². The van der Waals surface area contributed by atoms with Crippen LogP contribution in [0.15, 0.2) is 30.4 Å². The molecule has 0 saturated heterocycles. The first-order valence-corrected chi connectivity index (χ1v) is 7.40. The normalized spacial score (nSPS) is 18.4. The maximum atomic E-state index is 13.2. The van der Waals surface area contributed by atoms with Crippen molar-refractivity contribution in [3.63, 3.8) is 0 Å². The molecule has 3 N–H and O–H groups in total. The molecular formula is C15H15FN2OS. The molecular weight excluding hydrogens is 275 g/mol. The van der Waals surface area contributed by atoms with Crippen LogP contribution in [-0.2, 0) is 0 Å². The quantitative estimate of drug-likeness (QED) is 0.832. The van der Waals surface area contributed by atoms with E-state index in [2.05, 4.69) is 17.5 Å². The molecule has 1 unspecified atom stereocenters. The van der Waals surface area contributed by atoms with E-state index < -0.39 is 0 Å². The SMILES string of the molecule is Nc1c(C(=O)NC2CC=CCC2)sc2ccc(F)cc12. The highest BCUT2D eigenvalue weighted by Gasteiger charge is 2.20. The van der Waals surface area contributed by atoms with Gasteiger partial charge in [0.2, 0.25) is 0 Å². The highest BCUT2D eigenvalue weighted by Crippen LogP contribution is 2.34. The van der Waals surface area contributed by atoms with Crippen molar-refractivity contribution in [2.24, 2.45) is 0 Å². The van der Waals surface area contributed by atoms with Gasteiger partial charge in [0.1, 0.15) is 10.7 Å². The van der Waals surface area contributed by atoms with E-state index in [-0.39, 0.29) is 17.8 Å². The number of nitrogen functional groups attached to an aromatic ring is 1. The summed E-state index contributed by atoms with van der Waals surface area (Å²) in [4.78, 5) is 12.8. The van der Waals surface area contributed by atoms with Gasteiger partial charge in [-0.15, -0.1) is 11.3 Å². The van der Waals surface area contributed by atoms with Crippen LogP contribution in [0.5, 0.6) is 0 Å². The van der Waals surface area contributed by atoms with Crippen molar-refractivity contribution in [3.05, 3.63) is 41.0 Å². The van der Waals surface area contributed by atoms with Crippen LogP contribution < -0.4 is 11.1 Å². The highest BCUT2D eigenvalue weighted by atomic mass is 32.1. The molecule has 0 saturated carbocycles. The van der Waals surface area contributed by atoms with Crippen molar-refractivity contribution < 1.29 is 9.18 Å². The number of thiophene rings is 1. The van der Waals surface area contributed by atoms with Crippen LogP contribution in [0.1, 0.15) is 28.9 Å². The Morgan fingerprint density at radius 2 is 2.25 bits per heavy atom. The molecule has 0 radical (unpaired) electrons. The second-order valence-corrected chi connectivity index (χ2v) is 5.99. The Morgan fingerprint density at radius 3 is 3.00 bits per heavy atom. The summed E-state index contributed by atoms with van der Waals surface area (Å²) in [6.45, 7) is 0. The first kappa shape index (κ1) is 13.1. The Kier molecular flexibility index (Phi) is 3.44. The number of carbonyl (C=O) groups is 1. The van der Waals surface area contributed by atoms with Gasteiger partial charge < -0.3 is 11.1 Å². The molecule has 2 aromatic rings. The predicted molar refractivity (Wildman–Crippen MR) is 80.4 cm³/mol. The van der Waals surface area contributed by atoms with Crippen LogP contribution in [0, 0.1) is 5.82 Å². The standard InChI is InChI=1S/C15H15FN2OS/c16-9-6-7-12-11(8-9)13(17)14(20-12)15(19)18-10-4-2-1-3-5-10/h1-2,6-8,10H,3-5,17H2,(H,18,19). The molecule has 1 amide bonds. The number of amides is 1. The van der Waals surface area contributed by atoms with E-state index in [9.17, 15) is 9.18 Å². The molecule has 1 aliphatic carbocycles. The number of fused-ring (bicyclic) bond motifs is 1. The minimum atomic E-state index is -0.341. The average molecular weight is 290 g/mol. The number of hydrogen-bond donors (Lipinski definition) is 2. The summed E-state index contributed by atoms with van der Waals surface area (Å²) in [5, 5.41) is 3.61. The zero-order valence-electron chi connectivity index (χ0n) is 10.9. The van der Waals surface area contributed by atoms with Crippen molar-refractivity contribution in [1.82, 2.24) is 5.32 Å². The summed E-state index contributed by atoms with van der Waals surface area (Å²) in [6.07, 6.45) is 6.99. The predicted octanol–water partition coefficient (Wildman–Crippen LogP) is 3.46. The Hall–Kier alpha value is -1.88. The van der Waals surface area contributed by atoms with E-state index in [4.69, 9.17) is 5.73 Å². The first-order valence-electron chi connectivity index (χ1n) is 6.58. The summed E-state index contributed by atoms with van der Waals surface area (Å²) in [6, 6.07) is 4.58. The largest absolute Gasteiger partial charge is 0.397 e. The topological polar surface area (TPSA) is 55.1 Å². The van der Waals surface area contributed by atoms with Crippen LogP contribution in [-0.4, -0.2) is 11.9 Å². The highest BCUT2D eigenvalue weighted by molar-refractivity contribution is 7.21. The zero-order chi connectivity index (χ0) is 14.1. The second kappa shape index (κ2) is 5.25. The Balaban J connectivity index is 1.87. The molecule has 0 spiro atoms. The van der Waals surface area contributed by atoms with Gasteiger partial charge in [0.15, 0.2) is 0 Å². The maximum absolute atomic E-state index is 13.2. The molecule has 0 fully saturated rings. The molecule has 1 atom stereocenters. The molecule has 0 bridgehead atoms. The summed E-state index contributed by atoms with van der Waals surface area (Å²) < 4.78 is 14.1. The molecule has 1 aromatic carbocycles. The van der Waals surface area contributed by atoms with Crippen molar-refractivity contribution in [2.45, 2.75) is 25.3 Å². The molecule has 0 aliphatic heterocycles. The van der Waals surface area contributed by atoms with E-state index in [1.165, 1.54) is 23.5 Å². The number of nitrogens with one attached hydrogen (secondary N) is 1. The third-order valence-electron chi connectivity index (χ3n) is 3.50. The first-order chi connectivity index (χ1) is 9.65. The number of benzene rings is 1. The molecule has 1 heterocycles. The van der Waals surface area contributed by atoms with Gasteiger partial charge in [-0.25, -0.2) is 4.39 Å². The van der Waals surface area contributed by atoms with Gasteiger partial charge in [-0.2, -0.15) is 0 Å². The van der Waals surface area contributed by atoms with Gasteiger partial charge in [-0.05, 0) is 37.5 Å². The molecule has 3 rings (SSSR count). The Bertz CT molecular complexity index is 692. The van der Waals surface area contributed by atoms with Crippen molar-refractivity contribution in [1.29, 1.82) is 0 Å². The molecule has 5 heteroatoms. The fourth-order valence-corrected chi connectivity index (χ4v) is 3.44. The van der Waals surface area contributed by atoms with Gasteiger partial charge in [-0.3, -0.25) is 4.79 Å². The maximum Gasteiger partial charge on any atom is 0.263 e. The molecule has 1 aliphatic rings. The summed E-state index contributed by atoms with van der Waals surface area (Å²) in [5.41, 5.74) is 6.35. The fourth-order valence-electron chi connectivity index (χ4n) is 2.43. The molecule has 1 aromatic heterocycles. The van der Waals surface area contributed by atoms with Gasteiger partial charge in [0, 0.05) is 16.1 Å². The lowest BCUT2D eigenvalue weighted by molar-refractivity contribution is 0.0939. The smallest absolute Gasteiger partial charge is 0.263 e. The summed E-state index contributed by atoms with van der Waals surface area (Å²) >= 11 is 1.31. The summed E-state index contributed by atoms with van der Waals surface area (Å²) in [7, 11) is 0. The fraction of sp³-hybridized carbons (Fsp3) is 0.267. The number of carbonyl (C=O) groups excluding carboxylic acids is 1. The van der Waals surface area contributed by atoms with Gasteiger partial charge in [0.25, 0.3) is 5.91 Å². The second-order valence-electron chi connectivity index (χ2n) is 4.94. The zero-order valence-corrected chi connectivity index (χ0v) is 11.7. The molecule has 3 nitrogen and oxygen atoms in total. The third-order valence-corrected chi connectivity index (χ3v) is 4.68. The lowest BCUT2D eigenvalue weighted by Crippen LogP contribution is -2.35. The van der Waals surface area contributed by atoms with Crippen LogP contribution in [0.4, 0.5) is 10.1 Å². The lowest BCUT2D eigenvalue weighted by atomic mass is 10.0. The van der Waals surface area contributed by atoms with Crippen molar-refractivity contribution >= 4 is 33.0 Å². The number of anilines is 1. The van der Waals surface area contributed by atoms with E-state index in [0.717, 1.165) is 24.0 Å². The number of allylic oxidation sites excluding steroid dienone is 1. The number of halogens is 1. The van der Waals surface area contributed by atoms with E-state index in [1.54, 1.807) is 6.07 Å². The van der Waals surface area contributed by atoms with E-state index in [1.807, 2.05) is 0 Å². The number of nitrogens with two attached hydrogens (primary N) is 1. The Labute approximate surface area is 120 Å². The van der Waals surface area contributed by atoms with Gasteiger partial charge >= 0.3 is 0 Å². The monoisotopic (exact) mass is 290 g/mol. The molecule has 104 valence electrons. The van der Waals surface area contributed by atoms with Gasteiger partial charge in [-0.1, -0.05) is 12.2 Å². The summed E-state index contributed by atoms with van der Waals surface area (Å²) in [5.74, 6) is -0.504. The van der Waals surface area contributed by atoms with E-state index in [0.29, 0.717) is 16.0 Å². The van der Waals surface area contributed by atoms with Crippen LogP contribution in [0.3, 0.4) is 0 Å².